The second kappa shape index (κ2) is 11.5. The molecule has 1 atom stereocenters. The number of hydrogen-bond donors (Lipinski definition) is 1. The predicted octanol–water partition coefficient (Wildman–Crippen LogP) is 6.97. The zero-order valence-corrected chi connectivity index (χ0v) is 20.3. The van der Waals surface area contributed by atoms with Gasteiger partial charge in [0, 0.05) is 23.8 Å². The largest absolute Gasteiger partial charge is 0.497 e. The first kappa shape index (κ1) is 26.5. The number of pyridine rings is 2. The summed E-state index contributed by atoms with van der Waals surface area (Å²) in [5.41, 5.74) is 0.696. The minimum Gasteiger partial charge on any atom is -0.497 e. The average Bonchev–Trinajstić information content (AvgIpc) is 2.89. The maximum Gasteiger partial charge on any atom is 0.416 e. The van der Waals surface area contributed by atoms with Gasteiger partial charge in [0.2, 0.25) is 0 Å². The molecule has 2 aromatic heterocycles. The predicted molar refractivity (Wildman–Crippen MR) is 131 cm³/mol. The normalized spacial score (nSPS) is 11.8. The highest BCUT2D eigenvalue weighted by molar-refractivity contribution is 5.98. The number of nitrogens with one attached hydrogen (secondary N) is 1. The smallest absolute Gasteiger partial charge is 0.416 e. The summed E-state index contributed by atoms with van der Waals surface area (Å²) < 4.78 is 49.6. The van der Waals surface area contributed by atoms with E-state index in [-0.39, 0.29) is 23.4 Å². The van der Waals surface area contributed by atoms with Crippen molar-refractivity contribution >= 4 is 16.8 Å². The lowest BCUT2D eigenvalue weighted by Crippen LogP contribution is -2.27. The molecular weight excluding hydrogens is 471 g/mol. The molecule has 9 heteroatoms. The molecule has 4 rings (SSSR count). The number of ether oxygens (including phenoxy) is 2. The Balaban J connectivity index is 0.00000176. The number of halogens is 3. The van der Waals surface area contributed by atoms with E-state index in [1.807, 2.05) is 32.9 Å². The van der Waals surface area contributed by atoms with Crippen LogP contribution < -0.4 is 14.8 Å². The summed E-state index contributed by atoms with van der Waals surface area (Å²) in [5, 5.41) is 3.45. The fourth-order valence-electron chi connectivity index (χ4n) is 3.33. The molecule has 2 heterocycles. The van der Waals surface area contributed by atoms with E-state index in [0.717, 1.165) is 17.8 Å². The van der Waals surface area contributed by atoms with E-state index in [9.17, 15) is 18.0 Å². The van der Waals surface area contributed by atoms with Crippen molar-refractivity contribution in [2.75, 3.05) is 7.11 Å². The van der Waals surface area contributed by atoms with E-state index in [1.165, 1.54) is 25.4 Å². The van der Waals surface area contributed by atoms with Crippen LogP contribution in [0.2, 0.25) is 0 Å². The first-order valence-electron chi connectivity index (χ1n) is 11.3. The summed E-state index contributed by atoms with van der Waals surface area (Å²) in [6, 6.07) is 14.4. The number of nitrogens with zero attached hydrogens (tertiary/aromatic N) is 2. The number of fused-ring (bicyclic) bond motifs is 1. The van der Waals surface area contributed by atoms with Crippen LogP contribution in [0, 0.1) is 0 Å². The SMILES string of the molecule is CC.COc1cc(Oc2ccc(C(F)(F)F)cc2)c2ncc(C(=O)NC(C)c3ccccn3)cc2c1. The van der Waals surface area contributed by atoms with Crippen LogP contribution in [0.5, 0.6) is 17.2 Å². The quantitative estimate of drug-likeness (QED) is 0.312. The van der Waals surface area contributed by atoms with Crippen molar-refractivity contribution in [3.8, 4) is 17.2 Å². The van der Waals surface area contributed by atoms with E-state index >= 15 is 0 Å². The van der Waals surface area contributed by atoms with Crippen molar-refractivity contribution in [3.05, 3.63) is 89.9 Å². The van der Waals surface area contributed by atoms with Gasteiger partial charge >= 0.3 is 6.18 Å². The van der Waals surface area contributed by atoms with Gasteiger partial charge in [-0.25, -0.2) is 0 Å². The van der Waals surface area contributed by atoms with Gasteiger partial charge in [-0.15, -0.1) is 0 Å². The highest BCUT2D eigenvalue weighted by Gasteiger charge is 2.30. The fraction of sp³-hybridized carbons (Fsp3) is 0.222. The number of benzene rings is 2. The Morgan fingerprint density at radius 1 is 0.972 bits per heavy atom. The van der Waals surface area contributed by atoms with Crippen LogP contribution in [0.25, 0.3) is 10.9 Å². The van der Waals surface area contributed by atoms with Gasteiger partial charge in [-0.05, 0) is 55.5 Å². The molecule has 0 saturated carbocycles. The zero-order valence-electron chi connectivity index (χ0n) is 20.3. The Labute approximate surface area is 207 Å². The Bertz CT molecular complexity index is 1310. The summed E-state index contributed by atoms with van der Waals surface area (Å²) >= 11 is 0. The lowest BCUT2D eigenvalue weighted by Gasteiger charge is -2.14. The van der Waals surface area contributed by atoms with Gasteiger partial charge < -0.3 is 14.8 Å². The maximum absolute atomic E-state index is 12.8. The molecule has 1 N–H and O–H groups in total. The van der Waals surface area contributed by atoms with Crippen molar-refractivity contribution < 1.29 is 27.4 Å². The molecule has 1 unspecified atom stereocenters. The van der Waals surface area contributed by atoms with Gasteiger partial charge in [0.1, 0.15) is 17.0 Å². The number of hydrogen-bond acceptors (Lipinski definition) is 5. The minimum absolute atomic E-state index is 0.204. The second-order valence-corrected chi connectivity index (χ2v) is 7.50. The standard InChI is InChI=1S/C25H20F3N3O3.C2H6/c1-15(21-5-3-4-10-29-21)31-24(32)17-11-16-12-20(33-2)13-22(23(16)30-14-17)34-19-8-6-18(7-9-19)25(26,27)28;1-2/h3-15H,1-2H3,(H,31,32);1-2H3. The van der Waals surface area contributed by atoms with Crippen molar-refractivity contribution in [1.82, 2.24) is 15.3 Å². The van der Waals surface area contributed by atoms with Gasteiger partial charge in [-0.3, -0.25) is 14.8 Å². The van der Waals surface area contributed by atoms with Gasteiger partial charge in [-0.1, -0.05) is 19.9 Å². The summed E-state index contributed by atoms with van der Waals surface area (Å²) in [6.45, 7) is 5.83. The molecule has 0 saturated heterocycles. The maximum atomic E-state index is 12.8. The average molecular weight is 498 g/mol. The summed E-state index contributed by atoms with van der Waals surface area (Å²) in [4.78, 5) is 21.4. The number of amides is 1. The molecule has 1 amide bonds. The lowest BCUT2D eigenvalue weighted by molar-refractivity contribution is -0.137. The highest BCUT2D eigenvalue weighted by Crippen LogP contribution is 2.35. The molecule has 188 valence electrons. The van der Waals surface area contributed by atoms with E-state index in [0.29, 0.717) is 22.2 Å². The van der Waals surface area contributed by atoms with Crippen LogP contribution in [0.3, 0.4) is 0 Å². The molecule has 6 nitrogen and oxygen atoms in total. The van der Waals surface area contributed by atoms with Crippen molar-refractivity contribution in [3.63, 3.8) is 0 Å². The Morgan fingerprint density at radius 3 is 2.31 bits per heavy atom. The molecule has 0 aliphatic heterocycles. The Kier molecular flexibility index (Phi) is 8.47. The van der Waals surface area contributed by atoms with Crippen molar-refractivity contribution in [2.45, 2.75) is 33.0 Å². The van der Waals surface area contributed by atoms with E-state index in [1.54, 1.807) is 30.5 Å². The number of alkyl halides is 3. The molecule has 2 aromatic carbocycles. The van der Waals surface area contributed by atoms with E-state index < -0.39 is 11.7 Å². The van der Waals surface area contributed by atoms with Crippen molar-refractivity contribution in [2.24, 2.45) is 0 Å². The number of carbonyl (C=O) groups is 1. The van der Waals surface area contributed by atoms with Gasteiger partial charge in [-0.2, -0.15) is 13.2 Å². The minimum atomic E-state index is -4.44. The third-order valence-electron chi connectivity index (χ3n) is 5.11. The number of methoxy groups -OCH3 is 1. The third kappa shape index (κ3) is 6.29. The molecule has 0 spiro atoms. The third-order valence-corrected chi connectivity index (χ3v) is 5.11. The first-order valence-corrected chi connectivity index (χ1v) is 11.3. The van der Waals surface area contributed by atoms with Crippen LogP contribution >= 0.6 is 0 Å². The van der Waals surface area contributed by atoms with Gasteiger partial charge in [0.15, 0.2) is 5.75 Å². The molecule has 0 radical (unpaired) electrons. The molecule has 0 aliphatic rings. The van der Waals surface area contributed by atoms with Gasteiger partial charge in [0.25, 0.3) is 5.91 Å². The first-order chi connectivity index (χ1) is 17.2. The Morgan fingerprint density at radius 2 is 1.69 bits per heavy atom. The monoisotopic (exact) mass is 497 g/mol. The van der Waals surface area contributed by atoms with Crippen LogP contribution in [0.4, 0.5) is 13.2 Å². The number of rotatable bonds is 6. The van der Waals surface area contributed by atoms with E-state index in [2.05, 4.69) is 15.3 Å². The number of carbonyl (C=O) groups excluding carboxylic acids is 1. The second-order valence-electron chi connectivity index (χ2n) is 7.50. The molecule has 0 fully saturated rings. The Hall–Kier alpha value is -4.14. The summed E-state index contributed by atoms with van der Waals surface area (Å²) in [7, 11) is 1.47. The van der Waals surface area contributed by atoms with Crippen LogP contribution in [0.1, 0.15) is 48.4 Å². The fourth-order valence-corrected chi connectivity index (χ4v) is 3.33. The van der Waals surface area contributed by atoms with Crippen LogP contribution in [0.15, 0.2) is 73.1 Å². The van der Waals surface area contributed by atoms with E-state index in [4.69, 9.17) is 9.47 Å². The molecule has 0 aliphatic carbocycles. The molecule has 0 bridgehead atoms. The molecular formula is C27H26F3N3O3. The number of aromatic nitrogens is 2. The summed E-state index contributed by atoms with van der Waals surface area (Å²) in [5.74, 6) is 0.592. The topological polar surface area (TPSA) is 73.3 Å². The van der Waals surface area contributed by atoms with Crippen LogP contribution in [-0.2, 0) is 6.18 Å². The molecule has 4 aromatic rings. The zero-order chi connectivity index (χ0) is 26.3. The van der Waals surface area contributed by atoms with Gasteiger partial charge in [0.05, 0.1) is 30.0 Å². The van der Waals surface area contributed by atoms with Crippen molar-refractivity contribution in [1.29, 1.82) is 0 Å². The molecule has 36 heavy (non-hydrogen) atoms. The lowest BCUT2D eigenvalue weighted by atomic mass is 10.1. The highest BCUT2D eigenvalue weighted by atomic mass is 19.4. The van der Waals surface area contributed by atoms with Crippen LogP contribution in [-0.4, -0.2) is 23.0 Å². The summed E-state index contributed by atoms with van der Waals surface area (Å²) in [6.07, 6.45) is -1.37.